The number of aryl methyl sites for hydroxylation is 1. The van der Waals surface area contributed by atoms with Gasteiger partial charge >= 0.3 is 0 Å². The highest BCUT2D eigenvalue weighted by atomic mass is 79.9. The molecule has 0 spiro atoms. The number of benzene rings is 2. The lowest BCUT2D eigenvalue weighted by Gasteiger charge is -2.09. The van der Waals surface area contributed by atoms with Gasteiger partial charge in [0.05, 0.1) is 5.75 Å². The van der Waals surface area contributed by atoms with Crippen LogP contribution in [0.4, 0.5) is 5.69 Å². The largest absolute Gasteiger partial charge is 0.431 e. The van der Waals surface area contributed by atoms with E-state index in [0.717, 1.165) is 21.2 Å². The highest BCUT2D eigenvalue weighted by Crippen LogP contribution is 2.23. The lowest BCUT2D eigenvalue weighted by molar-refractivity contribution is -0.119. The van der Waals surface area contributed by atoms with Crippen LogP contribution in [0.5, 0.6) is 0 Å². The van der Waals surface area contributed by atoms with Crippen LogP contribution in [0.15, 0.2) is 56.6 Å². The van der Waals surface area contributed by atoms with Crippen LogP contribution in [-0.4, -0.2) is 29.1 Å². The summed E-state index contributed by atoms with van der Waals surface area (Å²) in [5.74, 6) is -0.143. The number of nitrogens with one attached hydrogen (secondary N) is 2. The number of carbonyl (C=O) groups is 2. The fourth-order valence-corrected chi connectivity index (χ4v) is 3.38. The van der Waals surface area contributed by atoms with Crippen LogP contribution in [0.2, 0.25) is 0 Å². The molecule has 1 heterocycles. The topological polar surface area (TPSA) is 84.2 Å². The average molecular weight is 448 g/mol. The lowest BCUT2D eigenvalue weighted by atomic mass is 10.2. The van der Waals surface area contributed by atoms with Gasteiger partial charge in [-0.15, -0.1) is 0 Å². The van der Waals surface area contributed by atoms with E-state index in [2.05, 4.69) is 31.5 Å². The van der Waals surface area contributed by atoms with Crippen molar-refractivity contribution in [1.29, 1.82) is 0 Å². The van der Waals surface area contributed by atoms with Crippen molar-refractivity contribution in [3.8, 4) is 0 Å². The van der Waals surface area contributed by atoms with E-state index in [4.69, 9.17) is 4.42 Å². The highest BCUT2D eigenvalue weighted by Gasteiger charge is 2.10. The van der Waals surface area contributed by atoms with Crippen molar-refractivity contribution in [2.24, 2.45) is 0 Å². The van der Waals surface area contributed by atoms with Gasteiger partial charge in [-0.05, 0) is 36.8 Å². The Hall–Kier alpha value is -2.32. The molecule has 3 aromatic rings. The molecule has 0 atom stereocenters. The normalized spacial score (nSPS) is 10.7. The van der Waals surface area contributed by atoms with Gasteiger partial charge in [-0.2, -0.15) is 0 Å². The van der Waals surface area contributed by atoms with Gasteiger partial charge in [0.15, 0.2) is 5.58 Å². The number of aromatic nitrogens is 1. The SMILES string of the molecule is Cc1ccc(Br)cc1NC(=O)CCNC(=O)CSc1nc2ccccc2o1. The summed E-state index contributed by atoms with van der Waals surface area (Å²) >= 11 is 4.61. The Labute approximate surface area is 169 Å². The molecule has 1 aromatic heterocycles. The molecule has 2 N–H and O–H groups in total. The van der Waals surface area contributed by atoms with Crippen LogP contribution in [0, 0.1) is 6.92 Å². The first kappa shape index (κ1) is 19.4. The zero-order valence-corrected chi connectivity index (χ0v) is 17.0. The predicted molar refractivity (Wildman–Crippen MR) is 110 cm³/mol. The van der Waals surface area contributed by atoms with E-state index in [-0.39, 0.29) is 30.5 Å². The van der Waals surface area contributed by atoms with Gasteiger partial charge in [-0.1, -0.05) is 45.9 Å². The molecule has 2 aromatic carbocycles. The van der Waals surface area contributed by atoms with E-state index < -0.39 is 0 Å². The second kappa shape index (κ2) is 9.05. The minimum atomic E-state index is -0.173. The highest BCUT2D eigenvalue weighted by molar-refractivity contribution is 9.10. The Balaban J connectivity index is 1.40. The number of amides is 2. The summed E-state index contributed by atoms with van der Waals surface area (Å²) < 4.78 is 6.45. The molecule has 0 aliphatic carbocycles. The number of thioether (sulfide) groups is 1. The van der Waals surface area contributed by atoms with Gasteiger partial charge in [0.1, 0.15) is 5.52 Å². The lowest BCUT2D eigenvalue weighted by Crippen LogP contribution is -2.29. The molecule has 0 fully saturated rings. The van der Waals surface area contributed by atoms with Crippen molar-refractivity contribution in [1.82, 2.24) is 10.3 Å². The number of rotatable bonds is 7. The number of nitrogens with zero attached hydrogens (tertiary/aromatic N) is 1. The van der Waals surface area contributed by atoms with E-state index in [1.165, 1.54) is 11.8 Å². The Morgan fingerprint density at radius 3 is 2.81 bits per heavy atom. The summed E-state index contributed by atoms with van der Waals surface area (Å²) in [5.41, 5.74) is 3.19. The van der Waals surface area contributed by atoms with E-state index in [1.54, 1.807) is 0 Å². The van der Waals surface area contributed by atoms with Crippen molar-refractivity contribution in [2.45, 2.75) is 18.6 Å². The van der Waals surface area contributed by atoms with Gasteiger partial charge in [0.25, 0.3) is 5.22 Å². The minimum absolute atomic E-state index is 0.150. The third kappa shape index (κ3) is 5.58. The van der Waals surface area contributed by atoms with Crippen LogP contribution >= 0.6 is 27.7 Å². The third-order valence-electron chi connectivity index (χ3n) is 3.75. The van der Waals surface area contributed by atoms with Crippen molar-refractivity contribution in [2.75, 3.05) is 17.6 Å². The van der Waals surface area contributed by atoms with Crippen LogP contribution in [0.1, 0.15) is 12.0 Å². The van der Waals surface area contributed by atoms with Gasteiger partial charge in [-0.25, -0.2) is 4.98 Å². The summed E-state index contributed by atoms with van der Waals surface area (Å²) in [6.45, 7) is 2.19. The molecule has 0 aliphatic heterocycles. The molecule has 0 bridgehead atoms. The van der Waals surface area contributed by atoms with Crippen molar-refractivity contribution < 1.29 is 14.0 Å². The van der Waals surface area contributed by atoms with E-state index in [1.807, 2.05) is 49.4 Å². The van der Waals surface area contributed by atoms with Crippen LogP contribution < -0.4 is 10.6 Å². The summed E-state index contributed by atoms with van der Waals surface area (Å²) in [4.78, 5) is 28.3. The summed E-state index contributed by atoms with van der Waals surface area (Å²) in [7, 11) is 0. The molecule has 0 saturated carbocycles. The van der Waals surface area contributed by atoms with Gasteiger partial charge in [-0.3, -0.25) is 9.59 Å². The molecule has 0 unspecified atom stereocenters. The summed E-state index contributed by atoms with van der Waals surface area (Å²) in [6.07, 6.45) is 0.200. The molecule has 2 amide bonds. The molecule has 27 heavy (non-hydrogen) atoms. The molecule has 0 radical (unpaired) electrons. The van der Waals surface area contributed by atoms with E-state index in [9.17, 15) is 9.59 Å². The molecule has 8 heteroatoms. The monoisotopic (exact) mass is 447 g/mol. The van der Waals surface area contributed by atoms with Crippen LogP contribution in [0.3, 0.4) is 0 Å². The maximum atomic E-state index is 12.0. The molecule has 0 saturated heterocycles. The Morgan fingerprint density at radius 2 is 2.00 bits per heavy atom. The summed E-state index contributed by atoms with van der Waals surface area (Å²) in [6, 6.07) is 13.1. The standard InChI is InChI=1S/C19H18BrN3O3S/c1-12-6-7-13(20)10-15(12)22-17(24)8-9-21-18(25)11-27-19-23-14-4-2-3-5-16(14)26-19/h2-7,10H,8-9,11H2,1H3,(H,21,25)(H,22,24). The quantitative estimate of drug-likeness (QED) is 0.531. The van der Waals surface area contributed by atoms with Crippen molar-refractivity contribution >= 4 is 56.3 Å². The number of hydrogen-bond acceptors (Lipinski definition) is 5. The molecule has 0 aliphatic rings. The Bertz CT molecular complexity index is 941. The molecular weight excluding hydrogens is 430 g/mol. The Kier molecular flexibility index (Phi) is 6.52. The minimum Gasteiger partial charge on any atom is -0.431 e. The Morgan fingerprint density at radius 1 is 1.19 bits per heavy atom. The van der Waals surface area contributed by atoms with E-state index >= 15 is 0 Å². The van der Waals surface area contributed by atoms with E-state index in [0.29, 0.717) is 10.8 Å². The average Bonchev–Trinajstić information content (AvgIpc) is 3.06. The molecule has 6 nitrogen and oxygen atoms in total. The zero-order valence-electron chi connectivity index (χ0n) is 14.6. The number of fused-ring (bicyclic) bond motifs is 1. The second-order valence-corrected chi connectivity index (χ2v) is 7.69. The van der Waals surface area contributed by atoms with Crippen molar-refractivity contribution in [3.05, 3.63) is 52.5 Å². The fraction of sp³-hybridized carbons (Fsp3) is 0.211. The smallest absolute Gasteiger partial charge is 0.257 e. The van der Waals surface area contributed by atoms with Gasteiger partial charge in [0, 0.05) is 23.1 Å². The van der Waals surface area contributed by atoms with Crippen LogP contribution in [-0.2, 0) is 9.59 Å². The predicted octanol–water partition coefficient (Wildman–Crippen LogP) is 4.14. The first-order chi connectivity index (χ1) is 13.0. The number of carbonyl (C=O) groups excluding carboxylic acids is 2. The first-order valence-electron chi connectivity index (χ1n) is 8.32. The zero-order chi connectivity index (χ0) is 19.2. The number of halogens is 1. The van der Waals surface area contributed by atoms with Crippen molar-refractivity contribution in [3.63, 3.8) is 0 Å². The van der Waals surface area contributed by atoms with Gasteiger partial charge < -0.3 is 15.1 Å². The number of para-hydroxylation sites is 2. The maximum absolute atomic E-state index is 12.0. The maximum Gasteiger partial charge on any atom is 0.257 e. The number of anilines is 1. The third-order valence-corrected chi connectivity index (χ3v) is 5.07. The molecule has 140 valence electrons. The second-order valence-electron chi connectivity index (χ2n) is 5.84. The fourth-order valence-electron chi connectivity index (χ4n) is 2.35. The summed E-state index contributed by atoms with van der Waals surface area (Å²) in [5, 5.41) is 6.03. The van der Waals surface area contributed by atoms with Gasteiger partial charge in [0.2, 0.25) is 11.8 Å². The molecular formula is C19H18BrN3O3S. The molecule has 3 rings (SSSR count). The number of oxazole rings is 1. The number of hydrogen-bond donors (Lipinski definition) is 2. The van der Waals surface area contributed by atoms with Crippen LogP contribution in [0.25, 0.3) is 11.1 Å². The first-order valence-corrected chi connectivity index (χ1v) is 10.1.